The van der Waals surface area contributed by atoms with Crippen molar-refractivity contribution in [3.05, 3.63) is 64.7 Å². The van der Waals surface area contributed by atoms with Crippen molar-refractivity contribution in [2.45, 2.75) is 26.4 Å². The van der Waals surface area contributed by atoms with E-state index >= 15 is 0 Å². The molecule has 3 heterocycles. The zero-order valence-electron chi connectivity index (χ0n) is 15.8. The molecule has 7 nitrogen and oxygen atoms in total. The van der Waals surface area contributed by atoms with Crippen LogP contribution < -0.4 is 10.9 Å². The lowest BCUT2D eigenvalue weighted by molar-refractivity contribution is -0.121. The van der Waals surface area contributed by atoms with Gasteiger partial charge in [-0.25, -0.2) is 9.67 Å². The highest BCUT2D eigenvalue weighted by molar-refractivity contribution is 5.91. The van der Waals surface area contributed by atoms with Crippen molar-refractivity contribution in [1.82, 2.24) is 19.7 Å². The summed E-state index contributed by atoms with van der Waals surface area (Å²) < 4.78 is 1.50. The second-order valence-electron chi connectivity index (χ2n) is 7.28. The van der Waals surface area contributed by atoms with Gasteiger partial charge >= 0.3 is 0 Å². The van der Waals surface area contributed by atoms with Crippen LogP contribution >= 0.6 is 0 Å². The smallest absolute Gasteiger partial charge is 0.275 e. The second kappa shape index (κ2) is 7.90. The number of benzene rings is 1. The van der Waals surface area contributed by atoms with Crippen molar-refractivity contribution < 1.29 is 4.79 Å². The zero-order valence-corrected chi connectivity index (χ0v) is 15.8. The van der Waals surface area contributed by atoms with E-state index in [9.17, 15) is 9.59 Å². The van der Waals surface area contributed by atoms with Crippen LogP contribution in [-0.2, 0) is 11.5 Å². The molecule has 4 rings (SSSR count). The maximum absolute atomic E-state index is 12.6. The van der Waals surface area contributed by atoms with Gasteiger partial charge in [-0.15, -0.1) is 0 Å². The van der Waals surface area contributed by atoms with E-state index in [1.165, 1.54) is 4.68 Å². The Kier molecular flexibility index (Phi) is 5.16. The molecule has 3 aromatic rings. The van der Waals surface area contributed by atoms with Crippen molar-refractivity contribution in [1.29, 1.82) is 0 Å². The van der Waals surface area contributed by atoms with E-state index in [1.54, 1.807) is 12.4 Å². The van der Waals surface area contributed by atoms with E-state index in [-0.39, 0.29) is 17.4 Å². The van der Waals surface area contributed by atoms with Crippen LogP contribution in [0.3, 0.4) is 0 Å². The molecule has 0 bridgehead atoms. The first-order valence-electron chi connectivity index (χ1n) is 9.51. The number of anilines is 1. The van der Waals surface area contributed by atoms with Crippen LogP contribution in [0, 0.1) is 12.8 Å². The molecule has 0 aliphatic carbocycles. The first-order valence-corrected chi connectivity index (χ1v) is 9.51. The average Bonchev–Trinajstić information content (AvgIpc) is 2.72. The summed E-state index contributed by atoms with van der Waals surface area (Å²) in [4.78, 5) is 31.5. The molecule has 1 aromatic carbocycles. The van der Waals surface area contributed by atoms with Crippen molar-refractivity contribution in [2.24, 2.45) is 5.92 Å². The maximum atomic E-state index is 12.6. The number of aromatic nitrogens is 3. The summed E-state index contributed by atoms with van der Waals surface area (Å²) >= 11 is 0. The minimum absolute atomic E-state index is 0.0111. The number of hydrogen-bond acceptors (Lipinski definition) is 5. The highest BCUT2D eigenvalue weighted by atomic mass is 16.2. The molecular weight excluding hydrogens is 354 g/mol. The second-order valence-corrected chi connectivity index (χ2v) is 7.28. The fourth-order valence-corrected chi connectivity index (χ4v) is 3.52. The molecular formula is C21H23N5O2. The molecule has 7 heteroatoms. The SMILES string of the molecule is Cc1ccc(NC(=O)C2CCN(Cn3ncc4ccccc4c3=O)CC2)nc1. The minimum Gasteiger partial charge on any atom is -0.310 e. The molecule has 1 saturated heterocycles. The lowest BCUT2D eigenvalue weighted by Crippen LogP contribution is -2.41. The van der Waals surface area contributed by atoms with Gasteiger partial charge in [0.25, 0.3) is 5.56 Å². The number of piperidine rings is 1. The van der Waals surface area contributed by atoms with Crippen molar-refractivity contribution in [2.75, 3.05) is 18.4 Å². The van der Waals surface area contributed by atoms with Crippen molar-refractivity contribution in [3.63, 3.8) is 0 Å². The van der Waals surface area contributed by atoms with Gasteiger partial charge in [0.15, 0.2) is 0 Å². The Morgan fingerprint density at radius 3 is 2.68 bits per heavy atom. The van der Waals surface area contributed by atoms with Gasteiger partial charge in [0, 0.05) is 30.6 Å². The molecule has 1 fully saturated rings. The lowest BCUT2D eigenvalue weighted by Gasteiger charge is -2.31. The minimum atomic E-state index is -0.0802. The number of nitrogens with zero attached hydrogens (tertiary/aromatic N) is 4. The van der Waals surface area contributed by atoms with Gasteiger partial charge in [-0.2, -0.15) is 5.10 Å². The predicted molar refractivity (Wildman–Crippen MR) is 108 cm³/mol. The molecule has 2 aromatic heterocycles. The largest absolute Gasteiger partial charge is 0.310 e. The van der Waals surface area contributed by atoms with Gasteiger partial charge in [0.1, 0.15) is 5.82 Å². The van der Waals surface area contributed by atoms with Gasteiger partial charge in [0.2, 0.25) is 5.91 Å². The van der Waals surface area contributed by atoms with Gasteiger partial charge in [-0.1, -0.05) is 24.3 Å². The van der Waals surface area contributed by atoms with Crippen LogP contribution in [0.15, 0.2) is 53.6 Å². The Bertz CT molecular complexity index is 1040. The molecule has 1 N–H and O–H groups in total. The molecule has 0 atom stereocenters. The molecule has 144 valence electrons. The number of likely N-dealkylation sites (tertiary alicyclic amines) is 1. The fraction of sp³-hybridized carbons (Fsp3) is 0.333. The Morgan fingerprint density at radius 2 is 1.93 bits per heavy atom. The molecule has 0 unspecified atom stereocenters. The summed E-state index contributed by atoms with van der Waals surface area (Å²) in [6.07, 6.45) is 4.97. The first-order chi connectivity index (χ1) is 13.6. The van der Waals surface area contributed by atoms with E-state index in [2.05, 4.69) is 20.3 Å². The maximum Gasteiger partial charge on any atom is 0.275 e. The molecule has 1 aliphatic heterocycles. The van der Waals surface area contributed by atoms with Crippen LogP contribution in [0.4, 0.5) is 5.82 Å². The van der Waals surface area contributed by atoms with E-state index in [0.29, 0.717) is 17.9 Å². The quantitative estimate of drug-likeness (QED) is 0.755. The number of rotatable bonds is 4. The first kappa shape index (κ1) is 18.3. The summed E-state index contributed by atoms with van der Waals surface area (Å²) in [6.45, 7) is 3.91. The third-order valence-corrected chi connectivity index (χ3v) is 5.22. The topological polar surface area (TPSA) is 80.1 Å². The zero-order chi connectivity index (χ0) is 19.5. The van der Waals surface area contributed by atoms with Crippen LogP contribution in [0.25, 0.3) is 10.8 Å². The third-order valence-electron chi connectivity index (χ3n) is 5.22. The van der Waals surface area contributed by atoms with Gasteiger partial charge in [0.05, 0.1) is 18.3 Å². The summed E-state index contributed by atoms with van der Waals surface area (Å²) in [5.41, 5.74) is 0.979. The number of fused-ring (bicyclic) bond motifs is 1. The highest BCUT2D eigenvalue weighted by Gasteiger charge is 2.25. The van der Waals surface area contributed by atoms with Gasteiger partial charge in [-0.3, -0.25) is 14.5 Å². The van der Waals surface area contributed by atoms with Crippen molar-refractivity contribution in [3.8, 4) is 0 Å². The standard InChI is InChI=1S/C21H23N5O2/c1-15-6-7-19(22-12-15)24-20(27)16-8-10-25(11-9-16)14-26-21(28)18-5-3-2-4-17(18)13-23-26/h2-7,12-13,16H,8-11,14H2,1H3,(H,22,24,27). The summed E-state index contributed by atoms with van der Waals surface area (Å²) in [5, 5.41) is 8.72. The van der Waals surface area contributed by atoms with Crippen LogP contribution in [0.5, 0.6) is 0 Å². The molecule has 0 saturated carbocycles. The number of aryl methyl sites for hydroxylation is 1. The average molecular weight is 377 g/mol. The number of amides is 1. The summed E-state index contributed by atoms with van der Waals surface area (Å²) in [6, 6.07) is 11.2. The molecule has 1 aliphatic rings. The van der Waals surface area contributed by atoms with E-state index in [1.807, 2.05) is 43.3 Å². The highest BCUT2D eigenvalue weighted by Crippen LogP contribution is 2.19. The Labute approximate surface area is 163 Å². The Hall–Kier alpha value is -3.06. The summed E-state index contributed by atoms with van der Waals surface area (Å²) in [7, 11) is 0. The Balaban J connectivity index is 1.35. The number of carbonyl (C=O) groups excluding carboxylic acids is 1. The fourth-order valence-electron chi connectivity index (χ4n) is 3.52. The molecule has 0 radical (unpaired) electrons. The van der Waals surface area contributed by atoms with Gasteiger partial charge in [-0.05, 0) is 37.5 Å². The van der Waals surface area contributed by atoms with Gasteiger partial charge < -0.3 is 5.32 Å². The van der Waals surface area contributed by atoms with Crippen molar-refractivity contribution >= 4 is 22.5 Å². The van der Waals surface area contributed by atoms with E-state index in [4.69, 9.17) is 0 Å². The number of hydrogen-bond donors (Lipinski definition) is 1. The molecule has 28 heavy (non-hydrogen) atoms. The summed E-state index contributed by atoms with van der Waals surface area (Å²) in [5.74, 6) is 0.558. The van der Waals surface area contributed by atoms with E-state index < -0.39 is 0 Å². The molecule has 1 amide bonds. The van der Waals surface area contributed by atoms with E-state index in [0.717, 1.165) is 36.9 Å². The third kappa shape index (κ3) is 3.94. The van der Waals surface area contributed by atoms with Crippen LogP contribution in [-0.4, -0.2) is 38.7 Å². The van der Waals surface area contributed by atoms with Crippen LogP contribution in [0.2, 0.25) is 0 Å². The Morgan fingerprint density at radius 1 is 1.14 bits per heavy atom. The normalized spacial score (nSPS) is 15.6. The number of pyridine rings is 1. The molecule has 0 spiro atoms. The lowest BCUT2D eigenvalue weighted by atomic mass is 9.96. The predicted octanol–water partition coefficient (Wildman–Crippen LogP) is 2.41. The number of nitrogens with one attached hydrogen (secondary N) is 1. The number of carbonyl (C=O) groups is 1. The monoisotopic (exact) mass is 377 g/mol. The van der Waals surface area contributed by atoms with Crippen LogP contribution in [0.1, 0.15) is 18.4 Å².